The minimum Gasteiger partial charge on any atom is -0.303 e. The molecule has 2 unspecified atom stereocenters. The van der Waals surface area contributed by atoms with Crippen molar-refractivity contribution in [2.45, 2.75) is 46.1 Å². The van der Waals surface area contributed by atoms with Crippen LogP contribution in [0.5, 0.6) is 0 Å². The summed E-state index contributed by atoms with van der Waals surface area (Å²) in [6.07, 6.45) is 4.30. The molecule has 2 heteroatoms. The van der Waals surface area contributed by atoms with Gasteiger partial charge in [0.2, 0.25) is 0 Å². The minimum absolute atomic E-state index is 0.498. The van der Waals surface area contributed by atoms with Crippen LogP contribution in [0.3, 0.4) is 0 Å². The maximum atomic E-state index is 2.77. The second-order valence-electron chi connectivity index (χ2n) is 7.78. The fourth-order valence-corrected chi connectivity index (χ4v) is 3.54. The van der Waals surface area contributed by atoms with Crippen molar-refractivity contribution in [3.8, 4) is 0 Å². The molecule has 98 valence electrons. The first kappa shape index (κ1) is 12.0. The first-order chi connectivity index (χ1) is 8.01. The van der Waals surface area contributed by atoms with Gasteiger partial charge in [-0.05, 0) is 43.1 Å². The molecule has 1 aliphatic carbocycles. The first-order valence-electron chi connectivity index (χ1n) is 7.48. The van der Waals surface area contributed by atoms with Crippen LogP contribution in [0.2, 0.25) is 0 Å². The van der Waals surface area contributed by atoms with Crippen molar-refractivity contribution in [2.24, 2.45) is 17.3 Å². The van der Waals surface area contributed by atoms with Gasteiger partial charge in [-0.15, -0.1) is 0 Å². The van der Waals surface area contributed by atoms with Crippen LogP contribution >= 0.6 is 0 Å². The van der Waals surface area contributed by atoms with Crippen LogP contribution in [0, 0.1) is 17.3 Å². The highest BCUT2D eigenvalue weighted by Crippen LogP contribution is 2.38. The average Bonchev–Trinajstić information content (AvgIpc) is 2.87. The Kier molecular flexibility index (Phi) is 2.99. The minimum atomic E-state index is 0.498. The molecule has 0 aromatic carbocycles. The molecule has 0 bridgehead atoms. The molecular weight excluding hydrogens is 208 g/mol. The third-order valence-electron chi connectivity index (χ3n) is 4.83. The number of fused-ring (bicyclic) bond motifs is 1. The van der Waals surface area contributed by atoms with E-state index in [0.717, 1.165) is 17.9 Å². The van der Waals surface area contributed by atoms with E-state index in [4.69, 9.17) is 0 Å². The molecule has 1 saturated carbocycles. The van der Waals surface area contributed by atoms with Gasteiger partial charge < -0.3 is 4.90 Å². The fourth-order valence-electron chi connectivity index (χ4n) is 3.54. The summed E-state index contributed by atoms with van der Waals surface area (Å²) in [6.45, 7) is 14.0. The summed E-state index contributed by atoms with van der Waals surface area (Å²) in [4.78, 5) is 5.50. The van der Waals surface area contributed by atoms with E-state index in [0.29, 0.717) is 5.41 Å². The van der Waals surface area contributed by atoms with Crippen molar-refractivity contribution in [1.29, 1.82) is 0 Å². The molecule has 17 heavy (non-hydrogen) atoms. The Morgan fingerprint density at radius 3 is 2.00 bits per heavy atom. The molecule has 0 radical (unpaired) electrons. The number of hydrogen-bond acceptors (Lipinski definition) is 2. The molecule has 3 fully saturated rings. The zero-order valence-corrected chi connectivity index (χ0v) is 11.8. The van der Waals surface area contributed by atoms with Gasteiger partial charge in [-0.3, -0.25) is 4.90 Å². The zero-order chi connectivity index (χ0) is 12.0. The van der Waals surface area contributed by atoms with Crippen LogP contribution in [0.25, 0.3) is 0 Å². The van der Waals surface area contributed by atoms with E-state index in [2.05, 4.69) is 30.6 Å². The molecule has 2 saturated heterocycles. The van der Waals surface area contributed by atoms with E-state index in [1.807, 2.05) is 0 Å². The van der Waals surface area contributed by atoms with Crippen molar-refractivity contribution >= 4 is 0 Å². The smallest absolute Gasteiger partial charge is 0.00966 e. The molecule has 0 aromatic heterocycles. The maximum Gasteiger partial charge on any atom is 0.00966 e. The zero-order valence-electron chi connectivity index (χ0n) is 11.8. The third kappa shape index (κ3) is 2.85. The van der Waals surface area contributed by atoms with Crippen LogP contribution < -0.4 is 0 Å². The van der Waals surface area contributed by atoms with Gasteiger partial charge in [0.15, 0.2) is 0 Å². The Morgan fingerprint density at radius 1 is 0.941 bits per heavy atom. The molecule has 2 atom stereocenters. The number of likely N-dealkylation sites (tertiary alicyclic amines) is 2. The lowest BCUT2D eigenvalue weighted by molar-refractivity contribution is 0.224. The van der Waals surface area contributed by atoms with Gasteiger partial charge in [-0.25, -0.2) is 0 Å². The molecule has 2 aliphatic heterocycles. The van der Waals surface area contributed by atoms with Crippen LogP contribution in [-0.2, 0) is 0 Å². The third-order valence-corrected chi connectivity index (χ3v) is 4.83. The highest BCUT2D eigenvalue weighted by molar-refractivity contribution is 4.98. The average molecular weight is 236 g/mol. The summed E-state index contributed by atoms with van der Waals surface area (Å²) in [5, 5.41) is 0. The van der Waals surface area contributed by atoms with Gasteiger partial charge in [0.05, 0.1) is 0 Å². The predicted octanol–water partition coefficient (Wildman–Crippen LogP) is 2.45. The molecule has 0 N–H and O–H groups in total. The van der Waals surface area contributed by atoms with Crippen LogP contribution in [0.4, 0.5) is 0 Å². The van der Waals surface area contributed by atoms with E-state index in [9.17, 15) is 0 Å². The molecule has 2 heterocycles. The first-order valence-corrected chi connectivity index (χ1v) is 7.48. The Bertz CT molecular complexity index is 263. The number of rotatable bonds is 3. The lowest BCUT2D eigenvalue weighted by Gasteiger charge is -2.25. The van der Waals surface area contributed by atoms with Gasteiger partial charge in [-0.2, -0.15) is 0 Å². The van der Waals surface area contributed by atoms with Gasteiger partial charge >= 0.3 is 0 Å². The Morgan fingerprint density at radius 2 is 1.53 bits per heavy atom. The van der Waals surface area contributed by atoms with Crippen molar-refractivity contribution in [3.05, 3.63) is 0 Å². The monoisotopic (exact) mass is 236 g/mol. The lowest BCUT2D eigenvalue weighted by Crippen LogP contribution is -2.31. The summed E-state index contributed by atoms with van der Waals surface area (Å²) < 4.78 is 0. The normalized spacial score (nSPS) is 35.5. The van der Waals surface area contributed by atoms with E-state index in [1.165, 1.54) is 52.0 Å². The Hall–Kier alpha value is -0.0800. The molecule has 3 rings (SSSR count). The molecule has 0 aromatic rings. The largest absolute Gasteiger partial charge is 0.303 e. The highest BCUT2D eigenvalue weighted by Gasteiger charge is 2.44. The van der Waals surface area contributed by atoms with E-state index < -0.39 is 0 Å². The second-order valence-corrected chi connectivity index (χ2v) is 7.78. The van der Waals surface area contributed by atoms with Crippen LogP contribution in [0.1, 0.15) is 40.0 Å². The van der Waals surface area contributed by atoms with Gasteiger partial charge in [-0.1, -0.05) is 20.8 Å². The molecular formula is C15H28N2. The summed E-state index contributed by atoms with van der Waals surface area (Å²) in [5.74, 6) is 1.99. The number of nitrogens with zero attached hydrogens (tertiary/aromatic N) is 2. The quantitative estimate of drug-likeness (QED) is 0.742. The van der Waals surface area contributed by atoms with Crippen LogP contribution in [0.15, 0.2) is 0 Å². The molecule has 0 spiro atoms. The number of hydrogen-bond donors (Lipinski definition) is 0. The van der Waals surface area contributed by atoms with Gasteiger partial charge in [0, 0.05) is 32.2 Å². The Labute approximate surface area is 106 Å². The molecule has 3 aliphatic rings. The van der Waals surface area contributed by atoms with Gasteiger partial charge in [0.1, 0.15) is 0 Å². The van der Waals surface area contributed by atoms with E-state index in [-0.39, 0.29) is 0 Å². The van der Waals surface area contributed by atoms with Crippen molar-refractivity contribution in [2.75, 3.05) is 32.7 Å². The Balaban J connectivity index is 1.45. The highest BCUT2D eigenvalue weighted by atomic mass is 15.3. The second kappa shape index (κ2) is 4.24. The van der Waals surface area contributed by atoms with E-state index >= 15 is 0 Å². The van der Waals surface area contributed by atoms with Crippen molar-refractivity contribution in [1.82, 2.24) is 9.80 Å². The summed E-state index contributed by atoms with van der Waals surface area (Å²) >= 11 is 0. The summed E-state index contributed by atoms with van der Waals surface area (Å²) in [7, 11) is 0. The fraction of sp³-hybridized carbons (Fsp3) is 1.00. The van der Waals surface area contributed by atoms with E-state index in [1.54, 1.807) is 0 Å². The summed E-state index contributed by atoms with van der Waals surface area (Å²) in [6, 6.07) is 0.989. The van der Waals surface area contributed by atoms with Gasteiger partial charge in [0.25, 0.3) is 0 Å². The SMILES string of the molecule is CC(C)(C)CCN1CC2CN(C3CC3)CC2C1. The molecule has 0 amide bonds. The summed E-state index contributed by atoms with van der Waals surface area (Å²) in [5.41, 5.74) is 0.498. The topological polar surface area (TPSA) is 6.48 Å². The van der Waals surface area contributed by atoms with Crippen molar-refractivity contribution < 1.29 is 0 Å². The maximum absolute atomic E-state index is 2.77. The van der Waals surface area contributed by atoms with Crippen molar-refractivity contribution in [3.63, 3.8) is 0 Å². The predicted molar refractivity (Wildman–Crippen MR) is 72.1 cm³/mol. The van der Waals surface area contributed by atoms with Crippen LogP contribution in [-0.4, -0.2) is 48.6 Å². The molecule has 2 nitrogen and oxygen atoms in total. The standard InChI is InChI=1S/C15H28N2/c1-15(2,3)6-7-16-8-12-10-17(14-4-5-14)11-13(12)9-16/h12-14H,4-11H2,1-3H3. The lowest BCUT2D eigenvalue weighted by atomic mass is 9.92.